The zero-order chi connectivity index (χ0) is 16.1. The summed E-state index contributed by atoms with van der Waals surface area (Å²) >= 11 is 0. The third-order valence-electron chi connectivity index (χ3n) is 3.66. The van der Waals surface area contributed by atoms with Gasteiger partial charge in [0.2, 0.25) is 0 Å². The number of nitrogens with one attached hydrogen (secondary N) is 1. The van der Waals surface area contributed by atoms with E-state index in [-0.39, 0.29) is 12.0 Å². The van der Waals surface area contributed by atoms with E-state index in [4.69, 9.17) is 4.74 Å². The van der Waals surface area contributed by atoms with Gasteiger partial charge in [0.15, 0.2) is 5.82 Å². The highest BCUT2D eigenvalue weighted by Gasteiger charge is 2.18. The van der Waals surface area contributed by atoms with E-state index in [1.807, 2.05) is 6.92 Å². The number of carbonyl (C=O) groups is 1. The Hall–Kier alpha value is -2.41. The van der Waals surface area contributed by atoms with Crippen molar-refractivity contribution >= 4 is 5.91 Å². The maximum absolute atomic E-state index is 12.0. The summed E-state index contributed by atoms with van der Waals surface area (Å²) in [5.41, 5.74) is 1.90. The van der Waals surface area contributed by atoms with Crippen molar-refractivity contribution in [1.82, 2.24) is 25.3 Å². The lowest BCUT2D eigenvalue weighted by Crippen LogP contribution is -2.24. The molecule has 0 aromatic carbocycles. The molecule has 0 aliphatic carbocycles. The summed E-state index contributed by atoms with van der Waals surface area (Å²) in [7, 11) is 0. The molecular formula is C16H19N5O2. The minimum atomic E-state index is -0.266. The molecule has 3 heterocycles. The van der Waals surface area contributed by atoms with Crippen molar-refractivity contribution in [1.29, 1.82) is 0 Å². The van der Waals surface area contributed by atoms with Crippen molar-refractivity contribution in [2.24, 2.45) is 0 Å². The first-order valence-electron chi connectivity index (χ1n) is 7.71. The van der Waals surface area contributed by atoms with Crippen LogP contribution in [0.2, 0.25) is 0 Å². The predicted octanol–water partition coefficient (Wildman–Crippen LogP) is 1.75. The topological polar surface area (TPSA) is 89.9 Å². The third-order valence-corrected chi connectivity index (χ3v) is 3.66. The summed E-state index contributed by atoms with van der Waals surface area (Å²) in [6.45, 7) is 2.94. The highest BCUT2D eigenvalue weighted by molar-refractivity contribution is 5.91. The van der Waals surface area contributed by atoms with Gasteiger partial charge in [0.05, 0.1) is 11.9 Å². The van der Waals surface area contributed by atoms with E-state index in [9.17, 15) is 4.79 Å². The normalized spacial score (nSPS) is 17.7. The van der Waals surface area contributed by atoms with Crippen LogP contribution in [0.25, 0.3) is 0 Å². The number of carbonyl (C=O) groups excluding carboxylic acids is 1. The van der Waals surface area contributed by atoms with E-state index >= 15 is 0 Å². The molecule has 0 bridgehead atoms. The average Bonchev–Trinajstić information content (AvgIpc) is 2.61. The highest BCUT2D eigenvalue weighted by atomic mass is 16.5. The van der Waals surface area contributed by atoms with E-state index in [0.717, 1.165) is 37.1 Å². The van der Waals surface area contributed by atoms with Gasteiger partial charge in [-0.15, -0.1) is 0 Å². The standard InChI is InChI=1S/C16H19N5O2/c1-11-6-18-13(10-17-11)16(22)21-9-12-7-19-15(20-8-12)14-4-2-3-5-23-14/h6-8,10,14H,2-5,9H2,1H3,(H,21,22)/t14-/m1/s1. The minimum absolute atomic E-state index is 0.00442. The number of rotatable bonds is 4. The van der Waals surface area contributed by atoms with Crippen molar-refractivity contribution in [2.75, 3.05) is 6.61 Å². The molecule has 120 valence electrons. The number of amides is 1. The molecule has 1 aliphatic rings. The van der Waals surface area contributed by atoms with Crippen LogP contribution in [0.5, 0.6) is 0 Å². The molecule has 2 aromatic rings. The first kappa shape index (κ1) is 15.5. The van der Waals surface area contributed by atoms with Crippen LogP contribution in [0.3, 0.4) is 0 Å². The second kappa shape index (κ2) is 7.23. The van der Waals surface area contributed by atoms with Crippen LogP contribution in [0.4, 0.5) is 0 Å². The fraction of sp³-hybridized carbons (Fsp3) is 0.438. The summed E-state index contributed by atoms with van der Waals surface area (Å²) in [5.74, 6) is 0.446. The van der Waals surface area contributed by atoms with Crippen molar-refractivity contribution in [2.45, 2.75) is 38.8 Å². The minimum Gasteiger partial charge on any atom is -0.370 e. The number of ether oxygens (including phenoxy) is 1. The Bertz CT molecular complexity index is 651. The Kier molecular flexibility index (Phi) is 4.87. The van der Waals surface area contributed by atoms with E-state index in [1.165, 1.54) is 6.20 Å². The van der Waals surface area contributed by atoms with Gasteiger partial charge >= 0.3 is 0 Å². The van der Waals surface area contributed by atoms with Gasteiger partial charge in [0.1, 0.15) is 11.8 Å². The molecule has 0 spiro atoms. The van der Waals surface area contributed by atoms with Gasteiger partial charge in [-0.3, -0.25) is 9.78 Å². The van der Waals surface area contributed by atoms with Gasteiger partial charge in [-0.25, -0.2) is 15.0 Å². The second-order valence-corrected chi connectivity index (χ2v) is 5.53. The molecular weight excluding hydrogens is 294 g/mol. The third kappa shape index (κ3) is 4.07. The van der Waals surface area contributed by atoms with Crippen LogP contribution in [-0.4, -0.2) is 32.4 Å². The molecule has 1 N–H and O–H groups in total. The second-order valence-electron chi connectivity index (χ2n) is 5.53. The molecule has 1 fully saturated rings. The molecule has 0 saturated carbocycles. The molecule has 23 heavy (non-hydrogen) atoms. The lowest BCUT2D eigenvalue weighted by Gasteiger charge is -2.21. The first-order valence-corrected chi connectivity index (χ1v) is 7.71. The Morgan fingerprint density at radius 1 is 1.17 bits per heavy atom. The Morgan fingerprint density at radius 2 is 2.00 bits per heavy atom. The molecule has 7 nitrogen and oxygen atoms in total. The number of hydrogen-bond donors (Lipinski definition) is 1. The lowest BCUT2D eigenvalue weighted by atomic mass is 10.1. The SMILES string of the molecule is Cc1cnc(C(=O)NCc2cnc([C@H]3CCCCO3)nc2)cn1. The molecule has 0 radical (unpaired) electrons. The Morgan fingerprint density at radius 3 is 2.65 bits per heavy atom. The van der Waals surface area contributed by atoms with Gasteiger partial charge in [0, 0.05) is 37.3 Å². The lowest BCUT2D eigenvalue weighted by molar-refractivity contribution is 0.00940. The van der Waals surface area contributed by atoms with E-state index in [1.54, 1.807) is 18.6 Å². The summed E-state index contributed by atoms with van der Waals surface area (Å²) in [4.78, 5) is 28.8. The summed E-state index contributed by atoms with van der Waals surface area (Å²) < 4.78 is 5.66. The van der Waals surface area contributed by atoms with Crippen molar-refractivity contribution < 1.29 is 9.53 Å². The fourth-order valence-corrected chi connectivity index (χ4v) is 2.35. The van der Waals surface area contributed by atoms with E-state index in [0.29, 0.717) is 18.1 Å². The van der Waals surface area contributed by atoms with Gasteiger partial charge in [-0.05, 0) is 26.2 Å². The van der Waals surface area contributed by atoms with Crippen molar-refractivity contribution in [3.63, 3.8) is 0 Å². The number of aromatic nitrogens is 4. The molecule has 1 saturated heterocycles. The summed E-state index contributed by atoms with van der Waals surface area (Å²) in [5, 5.41) is 2.78. The Labute approximate surface area is 134 Å². The Balaban J connectivity index is 1.55. The number of nitrogens with zero attached hydrogens (tertiary/aromatic N) is 4. The summed E-state index contributed by atoms with van der Waals surface area (Å²) in [6.07, 6.45) is 9.67. The van der Waals surface area contributed by atoms with Crippen LogP contribution < -0.4 is 5.32 Å². The van der Waals surface area contributed by atoms with Crippen molar-refractivity contribution in [3.8, 4) is 0 Å². The van der Waals surface area contributed by atoms with Gasteiger partial charge in [-0.1, -0.05) is 0 Å². The number of aryl methyl sites for hydroxylation is 1. The van der Waals surface area contributed by atoms with Gasteiger partial charge in [-0.2, -0.15) is 0 Å². The molecule has 2 aromatic heterocycles. The van der Waals surface area contributed by atoms with Crippen LogP contribution in [0.1, 0.15) is 52.9 Å². The van der Waals surface area contributed by atoms with Crippen LogP contribution in [0, 0.1) is 6.92 Å². The smallest absolute Gasteiger partial charge is 0.271 e. The zero-order valence-corrected chi connectivity index (χ0v) is 13.0. The maximum atomic E-state index is 12.0. The van der Waals surface area contributed by atoms with Crippen LogP contribution >= 0.6 is 0 Å². The van der Waals surface area contributed by atoms with Crippen LogP contribution in [0.15, 0.2) is 24.8 Å². The highest BCUT2D eigenvalue weighted by Crippen LogP contribution is 2.24. The molecule has 3 rings (SSSR count). The predicted molar refractivity (Wildman–Crippen MR) is 82.5 cm³/mol. The summed E-state index contributed by atoms with van der Waals surface area (Å²) in [6, 6.07) is 0. The fourth-order valence-electron chi connectivity index (χ4n) is 2.35. The number of hydrogen-bond acceptors (Lipinski definition) is 6. The molecule has 1 atom stereocenters. The molecule has 1 aliphatic heterocycles. The maximum Gasteiger partial charge on any atom is 0.271 e. The van der Waals surface area contributed by atoms with Gasteiger partial charge < -0.3 is 10.1 Å². The zero-order valence-electron chi connectivity index (χ0n) is 13.0. The first-order chi connectivity index (χ1) is 11.2. The molecule has 7 heteroatoms. The monoisotopic (exact) mass is 313 g/mol. The largest absolute Gasteiger partial charge is 0.370 e. The van der Waals surface area contributed by atoms with Crippen molar-refractivity contribution in [3.05, 3.63) is 47.6 Å². The molecule has 0 unspecified atom stereocenters. The van der Waals surface area contributed by atoms with Crippen LogP contribution in [-0.2, 0) is 11.3 Å². The van der Waals surface area contributed by atoms with Gasteiger partial charge in [0.25, 0.3) is 5.91 Å². The average molecular weight is 313 g/mol. The molecule has 1 amide bonds. The quantitative estimate of drug-likeness (QED) is 0.925. The van der Waals surface area contributed by atoms with E-state index < -0.39 is 0 Å². The van der Waals surface area contributed by atoms with E-state index in [2.05, 4.69) is 25.3 Å².